The molecule has 2 heterocycles. The van der Waals surface area contributed by atoms with Gasteiger partial charge in [-0.15, -0.1) is 10.2 Å². The second-order valence-corrected chi connectivity index (χ2v) is 7.88. The molecule has 0 atom stereocenters. The van der Waals surface area contributed by atoms with Crippen LogP contribution in [0.3, 0.4) is 0 Å². The molecule has 2 aromatic rings. The highest BCUT2D eigenvalue weighted by atomic mass is 32.2. The minimum Gasteiger partial charge on any atom is -0.412 e. The number of nitrogens with zero attached hydrogens (tertiary/aromatic N) is 4. The van der Waals surface area contributed by atoms with Crippen LogP contribution < -0.4 is 0 Å². The number of sulfonamides is 1. The molecule has 24 heavy (non-hydrogen) atoms. The van der Waals surface area contributed by atoms with Crippen LogP contribution in [-0.2, 0) is 10.0 Å². The first-order chi connectivity index (χ1) is 11.4. The van der Waals surface area contributed by atoms with Crippen molar-refractivity contribution in [2.24, 2.45) is 0 Å². The summed E-state index contributed by atoms with van der Waals surface area (Å²) in [5, 5.41) is 7.68. The standard InChI is InChI=1S/C15H18N4O4S/c1-18(2)24(21,22)12-7-5-11(6-8-12)13-16-17-14(23-13)15(20)19-9-3-4-10-19/h5-8H,3-4,9-10H2,1-2H3. The van der Waals surface area contributed by atoms with Gasteiger partial charge >= 0.3 is 11.8 Å². The van der Waals surface area contributed by atoms with Gasteiger partial charge in [0.2, 0.25) is 15.9 Å². The van der Waals surface area contributed by atoms with Gasteiger partial charge in [-0.05, 0) is 37.1 Å². The van der Waals surface area contributed by atoms with E-state index in [4.69, 9.17) is 4.42 Å². The number of aromatic nitrogens is 2. The molecule has 1 aromatic heterocycles. The fourth-order valence-electron chi connectivity index (χ4n) is 2.46. The van der Waals surface area contributed by atoms with Gasteiger partial charge in [0.15, 0.2) is 0 Å². The van der Waals surface area contributed by atoms with Crippen molar-refractivity contribution in [2.75, 3.05) is 27.2 Å². The average molecular weight is 350 g/mol. The zero-order chi connectivity index (χ0) is 17.3. The lowest BCUT2D eigenvalue weighted by atomic mass is 10.2. The smallest absolute Gasteiger partial charge is 0.311 e. The quantitative estimate of drug-likeness (QED) is 0.822. The maximum Gasteiger partial charge on any atom is 0.311 e. The number of rotatable bonds is 4. The zero-order valence-corrected chi connectivity index (χ0v) is 14.3. The van der Waals surface area contributed by atoms with Crippen LogP contribution in [0.1, 0.15) is 23.5 Å². The second-order valence-electron chi connectivity index (χ2n) is 5.72. The van der Waals surface area contributed by atoms with E-state index in [2.05, 4.69) is 10.2 Å². The lowest BCUT2D eigenvalue weighted by molar-refractivity contribution is 0.0754. The molecule has 1 aliphatic rings. The van der Waals surface area contributed by atoms with Crippen LogP contribution in [0.5, 0.6) is 0 Å². The van der Waals surface area contributed by atoms with Crippen molar-refractivity contribution in [3.05, 3.63) is 30.2 Å². The molecule has 8 nitrogen and oxygen atoms in total. The Balaban J connectivity index is 1.82. The first-order valence-electron chi connectivity index (χ1n) is 7.55. The maximum absolute atomic E-state index is 12.2. The molecule has 1 aromatic carbocycles. The summed E-state index contributed by atoms with van der Waals surface area (Å²) in [6.07, 6.45) is 1.96. The Morgan fingerprint density at radius 3 is 2.33 bits per heavy atom. The number of hydrogen-bond donors (Lipinski definition) is 0. The van der Waals surface area contributed by atoms with Gasteiger partial charge < -0.3 is 9.32 Å². The summed E-state index contributed by atoms with van der Waals surface area (Å²) in [5.41, 5.74) is 0.556. The summed E-state index contributed by atoms with van der Waals surface area (Å²) in [4.78, 5) is 14.1. The summed E-state index contributed by atoms with van der Waals surface area (Å²) >= 11 is 0. The molecule has 0 unspecified atom stereocenters. The molecule has 0 bridgehead atoms. The second kappa shape index (κ2) is 6.33. The van der Waals surface area contributed by atoms with E-state index in [0.717, 1.165) is 17.1 Å². The van der Waals surface area contributed by atoms with Gasteiger partial charge in [-0.25, -0.2) is 12.7 Å². The van der Waals surface area contributed by atoms with Crippen LogP contribution in [0.25, 0.3) is 11.5 Å². The van der Waals surface area contributed by atoms with Crippen molar-refractivity contribution in [2.45, 2.75) is 17.7 Å². The summed E-state index contributed by atoms with van der Waals surface area (Å²) in [5.74, 6) is -0.124. The normalized spacial score (nSPS) is 15.2. The van der Waals surface area contributed by atoms with Gasteiger partial charge in [0.1, 0.15) is 0 Å². The third kappa shape index (κ3) is 3.04. The largest absolute Gasteiger partial charge is 0.412 e. The van der Waals surface area contributed by atoms with Crippen molar-refractivity contribution in [3.8, 4) is 11.5 Å². The average Bonchev–Trinajstić information content (AvgIpc) is 3.26. The van der Waals surface area contributed by atoms with Crippen molar-refractivity contribution in [1.82, 2.24) is 19.4 Å². The molecule has 0 saturated carbocycles. The molecular formula is C15H18N4O4S. The molecule has 3 rings (SSSR count). The van der Waals surface area contributed by atoms with E-state index >= 15 is 0 Å². The SMILES string of the molecule is CN(C)S(=O)(=O)c1ccc(-c2nnc(C(=O)N3CCCC3)o2)cc1. The molecule has 1 fully saturated rings. The van der Waals surface area contributed by atoms with Crippen molar-refractivity contribution in [3.63, 3.8) is 0 Å². The zero-order valence-electron chi connectivity index (χ0n) is 13.5. The highest BCUT2D eigenvalue weighted by Crippen LogP contribution is 2.22. The first kappa shape index (κ1) is 16.6. The molecule has 0 N–H and O–H groups in total. The van der Waals surface area contributed by atoms with E-state index in [-0.39, 0.29) is 22.6 Å². The summed E-state index contributed by atoms with van der Waals surface area (Å²) in [6, 6.07) is 6.09. The predicted octanol–water partition coefficient (Wildman–Crippen LogP) is 1.22. The van der Waals surface area contributed by atoms with Gasteiger partial charge in [0.05, 0.1) is 4.90 Å². The van der Waals surface area contributed by atoms with Crippen LogP contribution in [0.2, 0.25) is 0 Å². The van der Waals surface area contributed by atoms with E-state index < -0.39 is 10.0 Å². The Kier molecular flexibility index (Phi) is 4.37. The minimum absolute atomic E-state index is 0.0445. The van der Waals surface area contributed by atoms with Crippen LogP contribution in [0.15, 0.2) is 33.6 Å². The van der Waals surface area contributed by atoms with Gasteiger partial charge in [0, 0.05) is 32.7 Å². The third-order valence-electron chi connectivity index (χ3n) is 3.88. The monoisotopic (exact) mass is 350 g/mol. The number of hydrogen-bond acceptors (Lipinski definition) is 6. The van der Waals surface area contributed by atoms with Crippen molar-refractivity contribution < 1.29 is 17.6 Å². The van der Waals surface area contributed by atoms with Crippen molar-refractivity contribution >= 4 is 15.9 Å². The van der Waals surface area contributed by atoms with E-state index in [1.54, 1.807) is 17.0 Å². The van der Waals surface area contributed by atoms with Crippen LogP contribution >= 0.6 is 0 Å². The van der Waals surface area contributed by atoms with Crippen LogP contribution in [0.4, 0.5) is 0 Å². The number of carbonyl (C=O) groups is 1. The number of likely N-dealkylation sites (tertiary alicyclic amines) is 1. The summed E-state index contributed by atoms with van der Waals surface area (Å²) in [7, 11) is -0.550. The third-order valence-corrected chi connectivity index (χ3v) is 5.71. The Morgan fingerprint density at radius 1 is 1.12 bits per heavy atom. The van der Waals surface area contributed by atoms with Crippen LogP contribution in [0, 0.1) is 0 Å². The summed E-state index contributed by atoms with van der Waals surface area (Å²) < 4.78 is 30.7. The minimum atomic E-state index is -3.49. The van der Waals surface area contributed by atoms with Gasteiger partial charge in [-0.3, -0.25) is 4.79 Å². The van der Waals surface area contributed by atoms with Gasteiger partial charge in [-0.1, -0.05) is 0 Å². The Morgan fingerprint density at radius 2 is 1.75 bits per heavy atom. The number of carbonyl (C=O) groups excluding carboxylic acids is 1. The first-order valence-corrected chi connectivity index (χ1v) is 8.99. The van der Waals surface area contributed by atoms with Gasteiger partial charge in [-0.2, -0.15) is 0 Å². The summed E-state index contributed by atoms with van der Waals surface area (Å²) in [6.45, 7) is 1.40. The molecule has 1 amide bonds. The van der Waals surface area contributed by atoms with Crippen LogP contribution in [-0.4, -0.2) is 60.9 Å². The van der Waals surface area contributed by atoms with E-state index in [1.165, 1.54) is 26.2 Å². The Hall–Kier alpha value is -2.26. The van der Waals surface area contributed by atoms with Crippen molar-refractivity contribution in [1.29, 1.82) is 0 Å². The fraction of sp³-hybridized carbons (Fsp3) is 0.400. The predicted molar refractivity (Wildman–Crippen MR) is 85.7 cm³/mol. The molecule has 0 radical (unpaired) electrons. The van der Waals surface area contributed by atoms with Gasteiger partial charge in [0.25, 0.3) is 0 Å². The number of benzene rings is 1. The molecule has 128 valence electrons. The Labute approximate surface area is 140 Å². The Bertz CT molecular complexity index is 837. The fourth-order valence-corrected chi connectivity index (χ4v) is 3.36. The topological polar surface area (TPSA) is 96.6 Å². The van der Waals surface area contributed by atoms with E-state index in [1.807, 2.05) is 0 Å². The van der Waals surface area contributed by atoms with E-state index in [9.17, 15) is 13.2 Å². The molecule has 0 spiro atoms. The number of amides is 1. The maximum atomic E-state index is 12.2. The molecular weight excluding hydrogens is 332 g/mol. The molecule has 0 aliphatic carbocycles. The molecule has 1 saturated heterocycles. The highest BCUT2D eigenvalue weighted by Gasteiger charge is 2.25. The lowest BCUT2D eigenvalue weighted by Crippen LogP contribution is -2.27. The highest BCUT2D eigenvalue weighted by molar-refractivity contribution is 7.89. The molecule has 9 heteroatoms. The lowest BCUT2D eigenvalue weighted by Gasteiger charge is -2.11. The molecule has 1 aliphatic heterocycles. The van der Waals surface area contributed by atoms with E-state index in [0.29, 0.717) is 18.7 Å².